The van der Waals surface area contributed by atoms with E-state index in [4.69, 9.17) is 9.47 Å². The molecule has 0 aliphatic rings. The Labute approximate surface area is 123 Å². The molecule has 112 valence electrons. The fourth-order valence-electron chi connectivity index (χ4n) is 2.01. The van der Waals surface area contributed by atoms with E-state index in [1.807, 2.05) is 19.2 Å². The SMILES string of the molecule is COc1ccc(NC(=O)CC(C)n2cccn2)c(OC)c1. The lowest BCUT2D eigenvalue weighted by Gasteiger charge is -2.14. The van der Waals surface area contributed by atoms with Gasteiger partial charge in [0.1, 0.15) is 11.5 Å². The Morgan fingerprint density at radius 1 is 1.38 bits per heavy atom. The Bertz CT molecular complexity index is 596. The molecule has 0 aliphatic heterocycles. The summed E-state index contributed by atoms with van der Waals surface area (Å²) in [7, 11) is 3.13. The van der Waals surface area contributed by atoms with Gasteiger partial charge in [-0.15, -0.1) is 0 Å². The van der Waals surface area contributed by atoms with Crippen LogP contribution in [0, 0.1) is 0 Å². The third-order valence-corrected chi connectivity index (χ3v) is 3.14. The van der Waals surface area contributed by atoms with Gasteiger partial charge in [-0.05, 0) is 25.1 Å². The van der Waals surface area contributed by atoms with Crippen LogP contribution < -0.4 is 14.8 Å². The molecular formula is C15H19N3O3. The summed E-state index contributed by atoms with van der Waals surface area (Å²) < 4.78 is 12.1. The van der Waals surface area contributed by atoms with Gasteiger partial charge in [0, 0.05) is 24.9 Å². The molecule has 2 aromatic rings. The van der Waals surface area contributed by atoms with Crippen LogP contribution in [0.5, 0.6) is 11.5 Å². The molecule has 21 heavy (non-hydrogen) atoms. The Kier molecular flexibility index (Phi) is 4.81. The van der Waals surface area contributed by atoms with Crippen LogP contribution in [0.25, 0.3) is 0 Å². The molecule has 0 saturated carbocycles. The van der Waals surface area contributed by atoms with Crippen molar-refractivity contribution in [1.82, 2.24) is 9.78 Å². The fraction of sp³-hybridized carbons (Fsp3) is 0.333. The molecule has 6 nitrogen and oxygen atoms in total. The summed E-state index contributed by atoms with van der Waals surface area (Å²) >= 11 is 0. The summed E-state index contributed by atoms with van der Waals surface area (Å²) in [5.41, 5.74) is 0.621. The molecule has 0 spiro atoms. The molecule has 1 atom stereocenters. The number of carbonyl (C=O) groups is 1. The van der Waals surface area contributed by atoms with Crippen LogP contribution in [0.4, 0.5) is 5.69 Å². The zero-order valence-corrected chi connectivity index (χ0v) is 12.4. The van der Waals surface area contributed by atoms with Crippen LogP contribution in [0.2, 0.25) is 0 Å². The number of anilines is 1. The number of methoxy groups -OCH3 is 2. The van der Waals surface area contributed by atoms with E-state index in [1.54, 1.807) is 43.3 Å². The number of nitrogens with one attached hydrogen (secondary N) is 1. The Morgan fingerprint density at radius 3 is 2.81 bits per heavy atom. The van der Waals surface area contributed by atoms with Crippen molar-refractivity contribution in [2.24, 2.45) is 0 Å². The van der Waals surface area contributed by atoms with E-state index < -0.39 is 0 Å². The summed E-state index contributed by atoms with van der Waals surface area (Å²) in [6.07, 6.45) is 3.86. The third kappa shape index (κ3) is 3.75. The van der Waals surface area contributed by atoms with E-state index >= 15 is 0 Å². The van der Waals surface area contributed by atoms with E-state index in [0.29, 0.717) is 23.6 Å². The third-order valence-electron chi connectivity index (χ3n) is 3.14. The van der Waals surface area contributed by atoms with Crippen molar-refractivity contribution in [2.75, 3.05) is 19.5 Å². The van der Waals surface area contributed by atoms with Gasteiger partial charge in [0.05, 0.1) is 25.9 Å². The monoisotopic (exact) mass is 289 g/mol. The molecular weight excluding hydrogens is 270 g/mol. The maximum atomic E-state index is 12.1. The molecule has 1 aromatic carbocycles. The maximum absolute atomic E-state index is 12.1. The molecule has 0 saturated heterocycles. The number of amides is 1. The van der Waals surface area contributed by atoms with Crippen molar-refractivity contribution >= 4 is 11.6 Å². The number of carbonyl (C=O) groups excluding carboxylic acids is 1. The van der Waals surface area contributed by atoms with Crippen molar-refractivity contribution < 1.29 is 14.3 Å². The lowest BCUT2D eigenvalue weighted by atomic mass is 10.2. The standard InChI is InChI=1S/C15H19N3O3/c1-11(18-8-4-7-16-18)9-15(19)17-13-6-5-12(20-2)10-14(13)21-3/h4-8,10-11H,9H2,1-3H3,(H,17,19). The van der Waals surface area contributed by atoms with Gasteiger partial charge in [-0.2, -0.15) is 5.10 Å². The van der Waals surface area contributed by atoms with Gasteiger partial charge in [-0.1, -0.05) is 0 Å². The fourth-order valence-corrected chi connectivity index (χ4v) is 2.01. The highest BCUT2D eigenvalue weighted by atomic mass is 16.5. The van der Waals surface area contributed by atoms with E-state index in [-0.39, 0.29) is 11.9 Å². The molecule has 0 radical (unpaired) electrons. The second-order valence-electron chi connectivity index (χ2n) is 4.65. The van der Waals surface area contributed by atoms with Gasteiger partial charge in [-0.3, -0.25) is 9.48 Å². The number of aromatic nitrogens is 2. The average molecular weight is 289 g/mol. The molecule has 0 fully saturated rings. The molecule has 2 rings (SSSR count). The predicted molar refractivity (Wildman–Crippen MR) is 79.7 cm³/mol. The number of benzene rings is 1. The summed E-state index contributed by atoms with van der Waals surface area (Å²) in [6, 6.07) is 7.08. The minimum absolute atomic E-state index is 0.00996. The highest BCUT2D eigenvalue weighted by molar-refractivity contribution is 5.92. The van der Waals surface area contributed by atoms with Crippen LogP contribution in [0.1, 0.15) is 19.4 Å². The van der Waals surface area contributed by atoms with Crippen LogP contribution >= 0.6 is 0 Å². The van der Waals surface area contributed by atoms with Gasteiger partial charge in [0.2, 0.25) is 5.91 Å². The van der Waals surface area contributed by atoms with Crippen molar-refractivity contribution in [3.05, 3.63) is 36.7 Å². The summed E-state index contributed by atoms with van der Waals surface area (Å²) in [5, 5.41) is 6.97. The van der Waals surface area contributed by atoms with Gasteiger partial charge in [0.25, 0.3) is 0 Å². The Morgan fingerprint density at radius 2 is 2.19 bits per heavy atom. The van der Waals surface area contributed by atoms with E-state index in [9.17, 15) is 4.79 Å². The lowest BCUT2D eigenvalue weighted by Crippen LogP contribution is -2.18. The topological polar surface area (TPSA) is 65.4 Å². The van der Waals surface area contributed by atoms with Crippen molar-refractivity contribution in [2.45, 2.75) is 19.4 Å². The van der Waals surface area contributed by atoms with Crippen LogP contribution in [-0.2, 0) is 4.79 Å². The molecule has 1 aromatic heterocycles. The Balaban J connectivity index is 2.02. The van der Waals surface area contributed by atoms with E-state index in [0.717, 1.165) is 0 Å². The zero-order valence-electron chi connectivity index (χ0n) is 12.4. The normalized spacial score (nSPS) is 11.8. The first kappa shape index (κ1) is 14.9. The van der Waals surface area contributed by atoms with E-state index in [2.05, 4.69) is 10.4 Å². The predicted octanol–water partition coefficient (Wildman–Crippen LogP) is 2.49. The van der Waals surface area contributed by atoms with Gasteiger partial charge in [0.15, 0.2) is 0 Å². The molecule has 0 bridgehead atoms. The molecule has 1 unspecified atom stereocenters. The molecule has 1 amide bonds. The summed E-state index contributed by atoms with van der Waals surface area (Å²) in [5.74, 6) is 1.14. The van der Waals surface area contributed by atoms with Crippen molar-refractivity contribution in [1.29, 1.82) is 0 Å². The van der Waals surface area contributed by atoms with Crippen molar-refractivity contribution in [3.8, 4) is 11.5 Å². The second kappa shape index (κ2) is 6.78. The average Bonchev–Trinajstić information content (AvgIpc) is 3.01. The maximum Gasteiger partial charge on any atom is 0.226 e. The molecule has 6 heteroatoms. The van der Waals surface area contributed by atoms with Gasteiger partial charge < -0.3 is 14.8 Å². The van der Waals surface area contributed by atoms with Gasteiger partial charge >= 0.3 is 0 Å². The lowest BCUT2D eigenvalue weighted by molar-refractivity contribution is -0.116. The molecule has 1 N–H and O–H groups in total. The minimum atomic E-state index is -0.0959. The summed E-state index contributed by atoms with van der Waals surface area (Å²) in [6.45, 7) is 1.94. The van der Waals surface area contributed by atoms with Crippen LogP contribution in [0.3, 0.4) is 0 Å². The first-order valence-corrected chi connectivity index (χ1v) is 6.65. The van der Waals surface area contributed by atoms with Gasteiger partial charge in [-0.25, -0.2) is 0 Å². The Hall–Kier alpha value is -2.50. The highest BCUT2D eigenvalue weighted by Crippen LogP contribution is 2.29. The van der Waals surface area contributed by atoms with Crippen LogP contribution in [-0.4, -0.2) is 29.9 Å². The summed E-state index contributed by atoms with van der Waals surface area (Å²) in [4.78, 5) is 12.1. The second-order valence-corrected chi connectivity index (χ2v) is 4.65. The number of nitrogens with zero attached hydrogens (tertiary/aromatic N) is 2. The number of hydrogen-bond donors (Lipinski definition) is 1. The van der Waals surface area contributed by atoms with E-state index in [1.165, 1.54) is 0 Å². The number of rotatable bonds is 6. The highest BCUT2D eigenvalue weighted by Gasteiger charge is 2.13. The van der Waals surface area contributed by atoms with Crippen molar-refractivity contribution in [3.63, 3.8) is 0 Å². The number of hydrogen-bond acceptors (Lipinski definition) is 4. The molecule has 1 heterocycles. The zero-order chi connectivity index (χ0) is 15.2. The van der Waals surface area contributed by atoms with Crippen LogP contribution in [0.15, 0.2) is 36.7 Å². The largest absolute Gasteiger partial charge is 0.497 e. The quantitative estimate of drug-likeness (QED) is 0.887. The number of ether oxygens (including phenoxy) is 2. The first-order chi connectivity index (χ1) is 10.1. The first-order valence-electron chi connectivity index (χ1n) is 6.65. The smallest absolute Gasteiger partial charge is 0.226 e. The molecule has 0 aliphatic carbocycles. The minimum Gasteiger partial charge on any atom is -0.497 e.